The molecule has 7 heteroatoms. The Hall–Kier alpha value is -2.07. The molecule has 1 fully saturated rings. The number of urea groups is 1. The van der Waals surface area contributed by atoms with Gasteiger partial charge in [0, 0.05) is 11.4 Å². The van der Waals surface area contributed by atoms with E-state index >= 15 is 0 Å². The van der Waals surface area contributed by atoms with Gasteiger partial charge in [0.1, 0.15) is 6.04 Å². The topological polar surface area (TPSA) is 78.9 Å². The van der Waals surface area contributed by atoms with Crippen LogP contribution < -0.4 is 5.32 Å². The van der Waals surface area contributed by atoms with Crippen molar-refractivity contribution in [3.8, 4) is 12.3 Å². The van der Waals surface area contributed by atoms with E-state index in [1.165, 1.54) is 0 Å². The van der Waals surface area contributed by atoms with Crippen LogP contribution in [0.25, 0.3) is 0 Å². The fourth-order valence-electron chi connectivity index (χ4n) is 2.35. The maximum Gasteiger partial charge on any atom is 0.324 e. The summed E-state index contributed by atoms with van der Waals surface area (Å²) in [4.78, 5) is 24.7. The second-order valence-electron chi connectivity index (χ2n) is 5.54. The zero-order valence-corrected chi connectivity index (χ0v) is 14.0. The van der Waals surface area contributed by atoms with E-state index < -0.39 is 24.1 Å². The van der Waals surface area contributed by atoms with Crippen molar-refractivity contribution in [1.29, 1.82) is 0 Å². The molecule has 0 radical (unpaired) electrons. The molecule has 1 aliphatic heterocycles. The van der Waals surface area contributed by atoms with Gasteiger partial charge in [-0.1, -0.05) is 23.7 Å². The van der Waals surface area contributed by atoms with Crippen LogP contribution in [0.2, 0.25) is 5.02 Å². The molecule has 0 saturated carbocycles. The zero-order valence-electron chi connectivity index (χ0n) is 13.2. The summed E-state index contributed by atoms with van der Waals surface area (Å²) in [5, 5.41) is 13.2. The number of ether oxygens (including phenoxy) is 1. The first-order chi connectivity index (χ1) is 11.4. The van der Waals surface area contributed by atoms with Crippen molar-refractivity contribution in [2.45, 2.75) is 31.6 Å². The maximum atomic E-state index is 12.0. The fraction of sp³-hybridized carbons (Fsp3) is 0.412. The van der Waals surface area contributed by atoms with Gasteiger partial charge in [0.05, 0.1) is 25.4 Å². The third-order valence-electron chi connectivity index (χ3n) is 3.70. The number of β-amino-alcohol motifs (C(OH)–C–C–N with tert-alkyl or cyclic N) is 1. The molecule has 24 heavy (non-hydrogen) atoms. The minimum Gasteiger partial charge on any atom is -0.389 e. The summed E-state index contributed by atoms with van der Waals surface area (Å²) >= 11 is 5.83. The molecule has 1 aromatic carbocycles. The van der Waals surface area contributed by atoms with Crippen molar-refractivity contribution in [2.24, 2.45) is 0 Å². The second-order valence-corrected chi connectivity index (χ2v) is 5.98. The molecule has 3 unspecified atom stereocenters. The highest BCUT2D eigenvalue weighted by atomic mass is 35.5. The van der Waals surface area contributed by atoms with Crippen molar-refractivity contribution in [2.75, 3.05) is 13.2 Å². The number of nitrogens with zero attached hydrogens (tertiary/aromatic N) is 1. The van der Waals surface area contributed by atoms with Gasteiger partial charge < -0.3 is 15.2 Å². The average molecular weight is 351 g/mol. The van der Waals surface area contributed by atoms with Crippen LogP contribution in [0.3, 0.4) is 0 Å². The Bertz CT molecular complexity index is 641. The lowest BCUT2D eigenvalue weighted by molar-refractivity contribution is -0.128. The number of aliphatic hydroxyl groups is 1. The highest BCUT2D eigenvalue weighted by Gasteiger charge is 2.38. The molecular weight excluding hydrogens is 332 g/mol. The van der Waals surface area contributed by atoms with E-state index in [0.29, 0.717) is 5.02 Å². The number of carbonyl (C=O) groups excluding carboxylic acids is 2. The first kappa shape index (κ1) is 18.3. The van der Waals surface area contributed by atoms with E-state index in [0.717, 1.165) is 10.5 Å². The molecule has 1 saturated heterocycles. The summed E-state index contributed by atoms with van der Waals surface area (Å²) in [6.45, 7) is 1.69. The molecule has 0 bridgehead atoms. The minimum atomic E-state index is -0.987. The normalized spacial score (nSPS) is 19.8. The Morgan fingerprint density at radius 3 is 2.71 bits per heavy atom. The summed E-state index contributed by atoms with van der Waals surface area (Å²) in [6, 6.07) is 5.91. The van der Waals surface area contributed by atoms with Crippen LogP contribution in [0.4, 0.5) is 4.79 Å². The Morgan fingerprint density at radius 1 is 1.42 bits per heavy atom. The van der Waals surface area contributed by atoms with Crippen molar-refractivity contribution >= 4 is 23.5 Å². The standard InChI is InChI=1S/C17H19ClN2O4/c1-3-4-15-16(22)20(17(23)19-15)9-14(21)10-24-11(2)12-5-7-13(18)8-6-12/h1,5-8,11,14-15,21H,4,9-10H2,2H3,(H,19,23). The van der Waals surface area contributed by atoms with Crippen LogP contribution in [0.15, 0.2) is 24.3 Å². The largest absolute Gasteiger partial charge is 0.389 e. The van der Waals surface area contributed by atoms with Crippen LogP contribution in [0, 0.1) is 12.3 Å². The van der Waals surface area contributed by atoms with Gasteiger partial charge in [0.25, 0.3) is 5.91 Å². The van der Waals surface area contributed by atoms with E-state index in [-0.39, 0.29) is 25.7 Å². The monoisotopic (exact) mass is 350 g/mol. The summed E-state index contributed by atoms with van der Waals surface area (Å²) in [5.74, 6) is 1.91. The predicted molar refractivity (Wildman–Crippen MR) is 89.3 cm³/mol. The van der Waals surface area contributed by atoms with Crippen molar-refractivity contribution < 1.29 is 19.4 Å². The first-order valence-electron chi connectivity index (χ1n) is 7.52. The summed E-state index contributed by atoms with van der Waals surface area (Å²) in [7, 11) is 0. The second kappa shape index (κ2) is 8.15. The number of terminal acetylenes is 1. The Labute approximate surface area is 145 Å². The number of aliphatic hydroxyl groups excluding tert-OH is 1. The number of halogens is 1. The molecule has 1 aliphatic rings. The van der Waals surface area contributed by atoms with Crippen LogP contribution in [-0.2, 0) is 9.53 Å². The Kier molecular flexibility index (Phi) is 6.21. The minimum absolute atomic E-state index is 0.0132. The third kappa shape index (κ3) is 4.48. The van der Waals surface area contributed by atoms with E-state index in [1.54, 1.807) is 12.1 Å². The van der Waals surface area contributed by atoms with E-state index in [9.17, 15) is 14.7 Å². The van der Waals surface area contributed by atoms with E-state index in [4.69, 9.17) is 22.8 Å². The lowest BCUT2D eigenvalue weighted by Crippen LogP contribution is -2.39. The van der Waals surface area contributed by atoms with Crippen molar-refractivity contribution in [3.63, 3.8) is 0 Å². The summed E-state index contributed by atoms with van der Waals surface area (Å²) < 4.78 is 5.59. The molecule has 0 spiro atoms. The third-order valence-corrected chi connectivity index (χ3v) is 3.95. The van der Waals surface area contributed by atoms with Gasteiger partial charge in [-0.2, -0.15) is 0 Å². The molecule has 6 nitrogen and oxygen atoms in total. The number of carbonyl (C=O) groups is 2. The van der Waals surface area contributed by atoms with Gasteiger partial charge in [0.2, 0.25) is 0 Å². The fourth-order valence-corrected chi connectivity index (χ4v) is 2.48. The van der Waals surface area contributed by atoms with Crippen LogP contribution in [-0.4, -0.2) is 47.2 Å². The zero-order chi connectivity index (χ0) is 17.7. The molecule has 3 amide bonds. The molecule has 3 atom stereocenters. The molecule has 0 aliphatic carbocycles. The van der Waals surface area contributed by atoms with Gasteiger partial charge in [-0.3, -0.25) is 9.69 Å². The molecular formula is C17H19ClN2O4. The molecule has 2 rings (SSSR count). The van der Waals surface area contributed by atoms with Gasteiger partial charge in [-0.25, -0.2) is 4.79 Å². The quantitative estimate of drug-likeness (QED) is 0.579. The van der Waals surface area contributed by atoms with Crippen molar-refractivity contribution in [1.82, 2.24) is 10.2 Å². The predicted octanol–water partition coefficient (Wildman–Crippen LogP) is 1.72. The number of hydrogen-bond donors (Lipinski definition) is 2. The number of benzene rings is 1. The van der Waals surface area contributed by atoms with Gasteiger partial charge in [0.15, 0.2) is 0 Å². The maximum absolute atomic E-state index is 12.0. The molecule has 128 valence electrons. The Balaban J connectivity index is 1.84. The average Bonchev–Trinajstić information content (AvgIpc) is 2.81. The summed E-state index contributed by atoms with van der Waals surface area (Å²) in [6.07, 6.45) is 4.04. The highest BCUT2D eigenvalue weighted by molar-refractivity contribution is 6.30. The van der Waals surface area contributed by atoms with Crippen LogP contribution in [0.1, 0.15) is 25.0 Å². The number of nitrogens with one attached hydrogen (secondary N) is 1. The van der Waals surface area contributed by atoms with Crippen LogP contribution >= 0.6 is 11.6 Å². The molecule has 1 heterocycles. The van der Waals surface area contributed by atoms with Crippen molar-refractivity contribution in [3.05, 3.63) is 34.9 Å². The van der Waals surface area contributed by atoms with Gasteiger partial charge in [-0.15, -0.1) is 12.3 Å². The molecule has 1 aromatic rings. The lowest BCUT2D eigenvalue weighted by Gasteiger charge is -2.20. The number of rotatable bonds is 7. The van der Waals surface area contributed by atoms with Gasteiger partial charge >= 0.3 is 6.03 Å². The van der Waals surface area contributed by atoms with Gasteiger partial charge in [-0.05, 0) is 24.6 Å². The molecule has 0 aromatic heterocycles. The number of amides is 3. The Morgan fingerprint density at radius 2 is 2.08 bits per heavy atom. The number of imide groups is 1. The van der Waals surface area contributed by atoms with E-state index in [2.05, 4.69) is 11.2 Å². The summed E-state index contributed by atoms with van der Waals surface area (Å²) in [5.41, 5.74) is 0.913. The SMILES string of the molecule is C#CCC1NC(=O)N(CC(O)COC(C)c2ccc(Cl)cc2)C1=O. The highest BCUT2D eigenvalue weighted by Crippen LogP contribution is 2.19. The smallest absolute Gasteiger partial charge is 0.324 e. The molecule has 2 N–H and O–H groups in total. The first-order valence-corrected chi connectivity index (χ1v) is 7.90. The van der Waals surface area contributed by atoms with E-state index in [1.807, 2.05) is 19.1 Å². The lowest BCUT2D eigenvalue weighted by atomic mass is 10.1. The number of hydrogen-bond acceptors (Lipinski definition) is 4. The van der Waals surface area contributed by atoms with Crippen LogP contribution in [0.5, 0.6) is 0 Å².